The first-order chi connectivity index (χ1) is 13.5. The average molecular weight is 392 g/mol. The molecule has 2 amide bonds. The van der Waals surface area contributed by atoms with Gasteiger partial charge in [-0.05, 0) is 38.1 Å². The predicted octanol–water partition coefficient (Wildman–Crippen LogP) is 1.93. The van der Waals surface area contributed by atoms with Gasteiger partial charge >= 0.3 is 0 Å². The van der Waals surface area contributed by atoms with Crippen molar-refractivity contribution in [3.63, 3.8) is 0 Å². The van der Waals surface area contributed by atoms with Gasteiger partial charge in [0.15, 0.2) is 5.82 Å². The van der Waals surface area contributed by atoms with Crippen molar-refractivity contribution in [3.05, 3.63) is 11.7 Å². The third-order valence-corrected chi connectivity index (χ3v) is 6.14. The molecular formula is C20H33N5O3. The third-order valence-electron chi connectivity index (χ3n) is 6.14. The quantitative estimate of drug-likeness (QED) is 0.610. The fourth-order valence-electron chi connectivity index (χ4n) is 4.63. The van der Waals surface area contributed by atoms with Gasteiger partial charge in [0.25, 0.3) is 0 Å². The number of hydrogen-bond acceptors (Lipinski definition) is 6. The van der Waals surface area contributed by atoms with Crippen molar-refractivity contribution < 1.29 is 14.1 Å². The highest BCUT2D eigenvalue weighted by molar-refractivity contribution is 5.76. The lowest BCUT2D eigenvalue weighted by atomic mass is 9.89. The summed E-state index contributed by atoms with van der Waals surface area (Å²) in [6.45, 7) is 2.14. The molecule has 2 aliphatic carbocycles. The van der Waals surface area contributed by atoms with E-state index in [9.17, 15) is 9.59 Å². The van der Waals surface area contributed by atoms with Gasteiger partial charge < -0.3 is 20.9 Å². The molecule has 4 N–H and O–H groups in total. The maximum Gasteiger partial charge on any atom is 0.227 e. The molecule has 156 valence electrons. The van der Waals surface area contributed by atoms with Gasteiger partial charge in [-0.2, -0.15) is 4.98 Å². The first-order valence-corrected chi connectivity index (χ1v) is 10.6. The molecule has 8 heteroatoms. The van der Waals surface area contributed by atoms with Gasteiger partial charge in [-0.15, -0.1) is 0 Å². The molecular weight excluding hydrogens is 358 g/mol. The van der Waals surface area contributed by atoms with Crippen LogP contribution < -0.4 is 16.4 Å². The Labute approximate surface area is 166 Å². The molecule has 3 rings (SSSR count). The number of amides is 2. The summed E-state index contributed by atoms with van der Waals surface area (Å²) in [5, 5.41) is 10.3. The van der Waals surface area contributed by atoms with E-state index in [1.807, 2.05) is 0 Å². The second kappa shape index (κ2) is 9.49. The smallest absolute Gasteiger partial charge is 0.227 e. The maximum atomic E-state index is 12.3. The monoisotopic (exact) mass is 391 g/mol. The zero-order chi connectivity index (χ0) is 20.0. The fourth-order valence-corrected chi connectivity index (χ4v) is 4.63. The molecule has 2 saturated carbocycles. The number of aryl methyl sites for hydroxylation is 1. The van der Waals surface area contributed by atoms with E-state index >= 15 is 0 Å². The lowest BCUT2D eigenvalue weighted by molar-refractivity contribution is -0.122. The molecule has 0 bridgehead atoms. The Kier molecular flexibility index (Phi) is 7.04. The van der Waals surface area contributed by atoms with Gasteiger partial charge in [0.05, 0.1) is 0 Å². The lowest BCUT2D eigenvalue weighted by Crippen LogP contribution is -2.45. The minimum Gasteiger partial charge on any atom is -0.353 e. The van der Waals surface area contributed by atoms with E-state index < -0.39 is 5.54 Å². The van der Waals surface area contributed by atoms with Crippen LogP contribution >= 0.6 is 0 Å². The van der Waals surface area contributed by atoms with Crippen molar-refractivity contribution in [2.45, 2.75) is 89.1 Å². The molecule has 1 heterocycles. The maximum absolute atomic E-state index is 12.3. The summed E-state index contributed by atoms with van der Waals surface area (Å²) in [5.74, 6) is 1.28. The number of rotatable bonds is 7. The second-order valence-corrected chi connectivity index (χ2v) is 8.29. The Morgan fingerprint density at radius 2 is 1.93 bits per heavy atom. The van der Waals surface area contributed by atoms with Gasteiger partial charge in [-0.3, -0.25) is 9.59 Å². The second-order valence-electron chi connectivity index (χ2n) is 8.29. The SMILES string of the molecule is CC(=O)NC1(c2noc(CCC(=O)NC3CCCC3CN)n2)CCCCCC1. The first kappa shape index (κ1) is 20.8. The molecule has 0 saturated heterocycles. The van der Waals surface area contributed by atoms with Crippen LogP contribution in [0.1, 0.15) is 82.8 Å². The topological polar surface area (TPSA) is 123 Å². The number of nitrogens with two attached hydrogens (primary N) is 1. The van der Waals surface area contributed by atoms with Crippen molar-refractivity contribution in [2.75, 3.05) is 6.54 Å². The summed E-state index contributed by atoms with van der Waals surface area (Å²) in [5.41, 5.74) is 5.23. The van der Waals surface area contributed by atoms with Crippen LogP contribution in [0.2, 0.25) is 0 Å². The Morgan fingerprint density at radius 1 is 1.18 bits per heavy atom. The molecule has 0 spiro atoms. The van der Waals surface area contributed by atoms with Crippen LogP contribution in [0.4, 0.5) is 0 Å². The molecule has 2 fully saturated rings. The largest absolute Gasteiger partial charge is 0.353 e. The van der Waals surface area contributed by atoms with Crippen LogP contribution in [0, 0.1) is 5.92 Å². The summed E-state index contributed by atoms with van der Waals surface area (Å²) in [6, 6.07) is 0.185. The Balaban J connectivity index is 1.59. The Morgan fingerprint density at radius 3 is 2.61 bits per heavy atom. The summed E-state index contributed by atoms with van der Waals surface area (Å²) in [7, 11) is 0. The fraction of sp³-hybridized carbons (Fsp3) is 0.800. The van der Waals surface area contributed by atoms with Crippen LogP contribution in [0.5, 0.6) is 0 Å². The van der Waals surface area contributed by atoms with Crippen molar-refractivity contribution in [1.82, 2.24) is 20.8 Å². The van der Waals surface area contributed by atoms with E-state index in [1.54, 1.807) is 0 Å². The first-order valence-electron chi connectivity index (χ1n) is 10.6. The zero-order valence-corrected chi connectivity index (χ0v) is 16.8. The van der Waals surface area contributed by atoms with Crippen LogP contribution in [0.25, 0.3) is 0 Å². The van der Waals surface area contributed by atoms with Crippen LogP contribution in [-0.4, -0.2) is 34.5 Å². The van der Waals surface area contributed by atoms with Crippen LogP contribution in [-0.2, 0) is 21.5 Å². The number of hydrogen-bond donors (Lipinski definition) is 3. The highest BCUT2D eigenvalue weighted by Crippen LogP contribution is 2.34. The summed E-state index contributed by atoms with van der Waals surface area (Å²) < 4.78 is 5.42. The standard InChI is InChI=1S/C20H33N5O3/c1-14(26)24-20(11-4-2-3-5-12-20)19-23-18(28-25-19)10-9-17(27)22-16-8-6-7-15(16)13-21/h15-16H,2-13,21H2,1H3,(H,22,27)(H,24,26). The van der Waals surface area contributed by atoms with Crippen LogP contribution in [0.15, 0.2) is 4.52 Å². The summed E-state index contributed by atoms with van der Waals surface area (Å²) in [6.07, 6.45) is 9.88. The predicted molar refractivity (Wildman–Crippen MR) is 104 cm³/mol. The van der Waals surface area contributed by atoms with Gasteiger partial charge in [0.1, 0.15) is 5.54 Å². The van der Waals surface area contributed by atoms with Crippen molar-refractivity contribution >= 4 is 11.8 Å². The van der Waals surface area contributed by atoms with E-state index in [4.69, 9.17) is 10.3 Å². The van der Waals surface area contributed by atoms with Gasteiger partial charge in [0, 0.05) is 25.8 Å². The molecule has 1 aromatic rings. The Bertz CT molecular complexity index is 667. The highest BCUT2D eigenvalue weighted by Gasteiger charge is 2.38. The number of nitrogens with zero attached hydrogens (tertiary/aromatic N) is 2. The van der Waals surface area contributed by atoms with E-state index in [0.29, 0.717) is 37.0 Å². The molecule has 1 aromatic heterocycles. The molecule has 2 atom stereocenters. The van der Waals surface area contributed by atoms with Gasteiger partial charge in [-0.1, -0.05) is 37.3 Å². The van der Waals surface area contributed by atoms with E-state index in [2.05, 4.69) is 20.8 Å². The number of carbonyl (C=O) groups excluding carboxylic acids is 2. The summed E-state index contributed by atoms with van der Waals surface area (Å²) in [4.78, 5) is 28.6. The van der Waals surface area contributed by atoms with E-state index in [-0.39, 0.29) is 17.9 Å². The highest BCUT2D eigenvalue weighted by atomic mass is 16.5. The van der Waals surface area contributed by atoms with Crippen molar-refractivity contribution in [3.8, 4) is 0 Å². The molecule has 2 unspecified atom stereocenters. The molecule has 28 heavy (non-hydrogen) atoms. The number of nitrogens with one attached hydrogen (secondary N) is 2. The van der Waals surface area contributed by atoms with Crippen molar-refractivity contribution in [1.29, 1.82) is 0 Å². The molecule has 0 radical (unpaired) electrons. The van der Waals surface area contributed by atoms with E-state index in [0.717, 1.165) is 57.8 Å². The third kappa shape index (κ3) is 5.10. The molecule has 2 aliphatic rings. The zero-order valence-electron chi connectivity index (χ0n) is 16.8. The average Bonchev–Trinajstić information content (AvgIpc) is 3.26. The minimum atomic E-state index is -0.551. The Hall–Kier alpha value is -1.96. The number of aromatic nitrogens is 2. The molecule has 8 nitrogen and oxygen atoms in total. The number of carbonyl (C=O) groups is 2. The van der Waals surface area contributed by atoms with E-state index in [1.165, 1.54) is 6.92 Å². The molecule has 0 aliphatic heterocycles. The summed E-state index contributed by atoms with van der Waals surface area (Å²) >= 11 is 0. The lowest BCUT2D eigenvalue weighted by Gasteiger charge is -2.30. The van der Waals surface area contributed by atoms with Gasteiger partial charge in [-0.25, -0.2) is 0 Å². The van der Waals surface area contributed by atoms with Gasteiger partial charge in [0.2, 0.25) is 17.7 Å². The minimum absolute atomic E-state index is 0.00357. The molecule has 0 aromatic carbocycles. The normalized spacial score (nSPS) is 24.5. The van der Waals surface area contributed by atoms with Crippen LogP contribution in [0.3, 0.4) is 0 Å². The van der Waals surface area contributed by atoms with Crippen molar-refractivity contribution in [2.24, 2.45) is 11.7 Å².